The van der Waals surface area contributed by atoms with Gasteiger partial charge in [-0.3, -0.25) is 4.79 Å². The Labute approximate surface area is 74.4 Å². The first kappa shape index (κ1) is 13.2. The molecule has 11 heavy (non-hydrogen) atoms. The normalized spacial score (nSPS) is 11.2. The Balaban J connectivity index is 0. The summed E-state index contributed by atoms with van der Waals surface area (Å²) in [6, 6.07) is 0. The first-order valence-corrected chi connectivity index (χ1v) is 2.70. The summed E-state index contributed by atoms with van der Waals surface area (Å²) in [6.07, 6.45) is -1.28. The monoisotopic (exact) mass is 210 g/mol. The predicted octanol–water partition coefficient (Wildman–Crippen LogP) is -1.61. The fourth-order valence-corrected chi connectivity index (χ4v) is 0.239. The van der Waals surface area contributed by atoms with E-state index in [1.807, 2.05) is 0 Å². The molecule has 0 saturated carbocycles. The van der Waals surface area contributed by atoms with E-state index in [0.29, 0.717) is 0 Å². The van der Waals surface area contributed by atoms with E-state index in [2.05, 4.69) is 4.74 Å². The summed E-state index contributed by atoms with van der Waals surface area (Å²) in [4.78, 5) is 20.6. The molecule has 0 aliphatic rings. The summed E-state index contributed by atoms with van der Waals surface area (Å²) < 4.78 is 4.01. The van der Waals surface area contributed by atoms with E-state index in [1.165, 1.54) is 6.92 Å². The van der Waals surface area contributed by atoms with Crippen molar-refractivity contribution in [2.24, 2.45) is 5.73 Å². The van der Waals surface area contributed by atoms with Crippen molar-refractivity contribution >= 4 is 11.9 Å². The summed E-state index contributed by atoms with van der Waals surface area (Å²) in [6.45, 7) is 0.838. The van der Waals surface area contributed by atoms with Gasteiger partial charge in [-0.05, 0) is 6.92 Å². The van der Waals surface area contributed by atoms with E-state index in [9.17, 15) is 9.59 Å². The van der Waals surface area contributed by atoms with Crippen LogP contribution in [0.15, 0.2) is 0 Å². The van der Waals surface area contributed by atoms with Gasteiger partial charge in [-0.2, -0.15) is 0 Å². The summed E-state index contributed by atoms with van der Waals surface area (Å²) in [5, 5.41) is 8.50. The van der Waals surface area contributed by atoms with Crippen LogP contribution in [0, 0.1) is 0 Å². The minimum Gasteiger partial charge on any atom is -0.390 e. The Bertz CT molecular complexity index is 147. The molecule has 0 bridgehead atoms. The summed E-state index contributed by atoms with van der Waals surface area (Å²) in [7, 11) is 0. The van der Waals surface area contributed by atoms with E-state index in [0.717, 1.165) is 0 Å². The Kier molecular flexibility index (Phi) is 7.55. The number of hydrogen-bond acceptors (Lipinski definition) is 5. The average molecular weight is 211 g/mol. The molecule has 0 aromatic carbocycles. The zero-order valence-corrected chi connectivity index (χ0v) is 6.78. The van der Waals surface area contributed by atoms with Crippen LogP contribution in [0.2, 0.25) is 0 Å². The number of hydrogen-bond donors (Lipinski definition) is 2. The molecule has 0 rings (SSSR count). The molecule has 6 heteroatoms. The van der Waals surface area contributed by atoms with Gasteiger partial charge in [0.1, 0.15) is 6.10 Å². The third-order valence-electron chi connectivity index (χ3n) is 0.722. The van der Waals surface area contributed by atoms with Crippen molar-refractivity contribution in [1.29, 1.82) is 0 Å². The molecule has 1 radical (unpaired) electrons. The zero-order chi connectivity index (χ0) is 8.15. The quantitative estimate of drug-likeness (QED) is 0.325. The molecule has 69 valence electrons. The van der Waals surface area contributed by atoms with Crippen LogP contribution in [0.25, 0.3) is 0 Å². The van der Waals surface area contributed by atoms with Crippen LogP contribution in [-0.2, 0) is 31.4 Å². The molecule has 0 heterocycles. The molecule has 0 aromatic heterocycles. The second kappa shape index (κ2) is 6.30. The topological polar surface area (TPSA) is 89.6 Å². The zero-order valence-electron chi connectivity index (χ0n) is 5.84. The number of carbonyl (C=O) groups is 2. The summed E-state index contributed by atoms with van der Waals surface area (Å²) >= 11 is 0. The molecular weight excluding hydrogens is 202 g/mol. The van der Waals surface area contributed by atoms with Crippen LogP contribution < -0.4 is 5.73 Å². The van der Waals surface area contributed by atoms with Gasteiger partial charge in [-0.1, -0.05) is 0 Å². The fraction of sp³-hybridized carbons (Fsp3) is 0.600. The van der Waals surface area contributed by atoms with Crippen molar-refractivity contribution in [3.05, 3.63) is 0 Å². The van der Waals surface area contributed by atoms with E-state index < -0.39 is 18.0 Å². The molecular formula is C5H9CuNO4. The largest absolute Gasteiger partial charge is 0.390 e. The van der Waals surface area contributed by atoms with Crippen molar-refractivity contribution in [3.63, 3.8) is 0 Å². The first-order valence-electron chi connectivity index (χ1n) is 2.70. The van der Waals surface area contributed by atoms with Crippen LogP contribution in [0.4, 0.5) is 0 Å². The molecule has 0 aliphatic carbocycles. The van der Waals surface area contributed by atoms with Crippen molar-refractivity contribution in [1.82, 2.24) is 0 Å². The second-order valence-electron chi connectivity index (χ2n) is 1.67. The van der Waals surface area contributed by atoms with E-state index in [1.54, 1.807) is 0 Å². The number of carbonyl (C=O) groups excluding carboxylic acids is 2. The molecule has 0 spiro atoms. The number of nitrogens with two attached hydrogens (primary N) is 1. The molecule has 0 aliphatic heterocycles. The van der Waals surface area contributed by atoms with Gasteiger partial charge in [-0.25, -0.2) is 4.79 Å². The van der Waals surface area contributed by atoms with Crippen molar-refractivity contribution < 1.29 is 36.5 Å². The number of ether oxygens (including phenoxy) is 1. The Hall–Kier alpha value is -0.421. The molecule has 3 N–H and O–H groups in total. The predicted molar refractivity (Wildman–Crippen MR) is 31.8 cm³/mol. The molecule has 0 aromatic rings. The van der Waals surface area contributed by atoms with Crippen LogP contribution in [0.5, 0.6) is 0 Å². The van der Waals surface area contributed by atoms with E-state index >= 15 is 0 Å². The second-order valence-corrected chi connectivity index (χ2v) is 1.67. The third kappa shape index (κ3) is 6.00. The summed E-state index contributed by atoms with van der Waals surface area (Å²) in [5.41, 5.74) is 4.81. The van der Waals surface area contributed by atoms with Crippen molar-refractivity contribution in [2.75, 3.05) is 6.54 Å². The van der Waals surface area contributed by atoms with Crippen LogP contribution in [-0.4, -0.2) is 29.7 Å². The maximum Gasteiger partial charge on any atom is 0.342 e. The number of aliphatic hydroxyl groups is 1. The first-order chi connectivity index (χ1) is 4.57. The summed E-state index contributed by atoms with van der Waals surface area (Å²) in [5.74, 6) is -1.82. The van der Waals surface area contributed by atoms with E-state index in [4.69, 9.17) is 10.8 Å². The number of esters is 2. The van der Waals surface area contributed by atoms with Crippen LogP contribution in [0.3, 0.4) is 0 Å². The standard InChI is InChI=1S/C5H9NO4.Cu/c1-3(7)5(9)10-4(8)2-6;/h3,7H,2,6H2,1H3;. The molecule has 1 unspecified atom stereocenters. The molecule has 0 saturated heterocycles. The maximum atomic E-state index is 10.4. The van der Waals surface area contributed by atoms with Crippen LogP contribution >= 0.6 is 0 Å². The molecule has 5 nitrogen and oxygen atoms in total. The Morgan fingerprint density at radius 1 is 1.64 bits per heavy atom. The van der Waals surface area contributed by atoms with Crippen LogP contribution in [0.1, 0.15) is 6.92 Å². The molecule has 1 atom stereocenters. The smallest absolute Gasteiger partial charge is 0.342 e. The number of aliphatic hydroxyl groups excluding tert-OH is 1. The van der Waals surface area contributed by atoms with Gasteiger partial charge >= 0.3 is 11.9 Å². The number of rotatable bonds is 2. The van der Waals surface area contributed by atoms with Gasteiger partial charge in [0.2, 0.25) is 0 Å². The van der Waals surface area contributed by atoms with Gasteiger partial charge in [0.05, 0.1) is 6.54 Å². The SMILES string of the molecule is CC(O)C(=O)OC(=O)CN.[Cu]. The van der Waals surface area contributed by atoms with Gasteiger partial charge in [0.15, 0.2) is 0 Å². The molecule has 0 fully saturated rings. The van der Waals surface area contributed by atoms with Gasteiger partial charge < -0.3 is 15.6 Å². The van der Waals surface area contributed by atoms with Gasteiger partial charge in [-0.15, -0.1) is 0 Å². The molecule has 0 amide bonds. The minimum absolute atomic E-state index is 0. The average Bonchev–Trinajstić information content (AvgIpc) is 1.87. The Morgan fingerprint density at radius 3 is 2.36 bits per heavy atom. The van der Waals surface area contributed by atoms with Gasteiger partial charge in [0.25, 0.3) is 0 Å². The maximum absolute atomic E-state index is 10.4. The Morgan fingerprint density at radius 2 is 2.09 bits per heavy atom. The van der Waals surface area contributed by atoms with Gasteiger partial charge in [0, 0.05) is 17.1 Å². The van der Waals surface area contributed by atoms with E-state index in [-0.39, 0.29) is 23.6 Å². The van der Waals surface area contributed by atoms with Crippen molar-refractivity contribution in [3.8, 4) is 0 Å². The minimum atomic E-state index is -1.28. The fourth-order valence-electron chi connectivity index (χ4n) is 0.239. The third-order valence-corrected chi connectivity index (χ3v) is 0.722. The van der Waals surface area contributed by atoms with Crippen molar-refractivity contribution in [2.45, 2.75) is 13.0 Å².